The Morgan fingerprint density at radius 3 is 2.15 bits per heavy atom. The average molecular weight is 667 g/mol. The molecule has 1 amide bonds. The lowest BCUT2D eigenvalue weighted by atomic mass is 9.32. The molecule has 0 spiro atoms. The second kappa shape index (κ2) is 12.7. The number of amides is 1. The minimum absolute atomic E-state index is 0.00204. The van der Waals surface area contributed by atoms with E-state index in [1.54, 1.807) is 6.92 Å². The number of rotatable bonds is 7. The van der Waals surface area contributed by atoms with E-state index in [1.807, 2.05) is 0 Å². The molecule has 270 valence electrons. The molecule has 0 unspecified atom stereocenters. The second-order valence-corrected chi connectivity index (χ2v) is 18.6. The van der Waals surface area contributed by atoms with E-state index >= 15 is 0 Å². The van der Waals surface area contributed by atoms with Crippen LogP contribution in [0.4, 0.5) is 0 Å². The Bertz CT molecular complexity index is 1290. The number of hydrogen-bond donors (Lipinski definition) is 0. The van der Waals surface area contributed by atoms with E-state index in [0.29, 0.717) is 41.9 Å². The predicted octanol–water partition coefficient (Wildman–Crippen LogP) is 7.67. The van der Waals surface area contributed by atoms with Crippen molar-refractivity contribution in [1.29, 1.82) is 0 Å². The first-order chi connectivity index (χ1) is 22.5. The number of carbonyl (C=O) groups excluding carboxylic acids is 3. The van der Waals surface area contributed by atoms with Gasteiger partial charge < -0.3 is 14.4 Å². The smallest absolute Gasteiger partial charge is 0.305 e. The first-order valence-corrected chi connectivity index (χ1v) is 19.5. The highest BCUT2D eigenvalue weighted by molar-refractivity contribution is 5.84. The van der Waals surface area contributed by atoms with Crippen molar-refractivity contribution >= 4 is 17.8 Å². The largest absolute Gasteiger partial charge is 0.469 e. The monoisotopic (exact) mass is 666 g/mol. The number of methoxy groups -OCH3 is 1. The molecule has 10 atom stereocenters. The third-order valence-corrected chi connectivity index (χ3v) is 16.5. The van der Waals surface area contributed by atoms with Gasteiger partial charge in [0.1, 0.15) is 6.10 Å². The Hall–Kier alpha value is -1.89. The Morgan fingerprint density at radius 2 is 1.50 bits per heavy atom. The molecule has 0 aromatic rings. The zero-order chi connectivity index (χ0) is 34.9. The topological polar surface area (TPSA) is 76.2 Å². The molecular formula is C41H66N2O5. The van der Waals surface area contributed by atoms with Gasteiger partial charge in [-0.1, -0.05) is 46.8 Å². The lowest BCUT2D eigenvalue weighted by molar-refractivity contribution is -0.249. The SMILES string of the molecule is C=C(C)[C@@H]1CC[C@]2(C(=O)N3CCN(CCCC(=O)OC)CC3)CC[C@]3(C)[C@H](CC[C@@H]4[C@@]5(C)CC[C@H](OC(C)=O)C(C)(C)[C@@H]5CC[C@]43C)[C@@H]12. The Balaban J connectivity index is 1.23. The molecular weight excluding hydrogens is 600 g/mol. The molecule has 7 nitrogen and oxygen atoms in total. The summed E-state index contributed by atoms with van der Waals surface area (Å²) in [5.41, 5.74) is 1.61. The van der Waals surface area contributed by atoms with E-state index in [2.05, 4.69) is 57.9 Å². The van der Waals surface area contributed by atoms with Crippen LogP contribution in [0, 0.1) is 56.7 Å². The number of carbonyl (C=O) groups is 3. The van der Waals surface area contributed by atoms with Crippen LogP contribution < -0.4 is 0 Å². The van der Waals surface area contributed by atoms with Crippen molar-refractivity contribution in [2.24, 2.45) is 56.7 Å². The maximum Gasteiger partial charge on any atom is 0.305 e. The van der Waals surface area contributed by atoms with E-state index in [4.69, 9.17) is 9.47 Å². The summed E-state index contributed by atoms with van der Waals surface area (Å²) in [7, 11) is 1.45. The van der Waals surface area contributed by atoms with Gasteiger partial charge in [0.15, 0.2) is 0 Å². The van der Waals surface area contributed by atoms with Crippen molar-refractivity contribution in [1.82, 2.24) is 9.80 Å². The van der Waals surface area contributed by atoms with Crippen LogP contribution in [-0.4, -0.2) is 73.6 Å². The van der Waals surface area contributed by atoms with Gasteiger partial charge >= 0.3 is 11.9 Å². The molecule has 1 aliphatic heterocycles. The Morgan fingerprint density at radius 1 is 0.792 bits per heavy atom. The number of fused-ring (bicyclic) bond motifs is 7. The van der Waals surface area contributed by atoms with E-state index in [9.17, 15) is 14.4 Å². The maximum absolute atomic E-state index is 14.9. The van der Waals surface area contributed by atoms with Crippen LogP contribution in [-0.2, 0) is 23.9 Å². The predicted molar refractivity (Wildman–Crippen MR) is 189 cm³/mol. The molecule has 1 heterocycles. The highest BCUT2D eigenvalue weighted by atomic mass is 16.5. The van der Waals surface area contributed by atoms with Gasteiger partial charge in [-0.3, -0.25) is 19.3 Å². The summed E-state index contributed by atoms with van der Waals surface area (Å²) in [6, 6.07) is 0. The van der Waals surface area contributed by atoms with Gasteiger partial charge in [-0.05, 0) is 130 Å². The minimum Gasteiger partial charge on any atom is -0.469 e. The fourth-order valence-electron chi connectivity index (χ4n) is 13.9. The summed E-state index contributed by atoms with van der Waals surface area (Å²) in [6.45, 7) is 25.2. The molecule has 0 bridgehead atoms. The summed E-state index contributed by atoms with van der Waals surface area (Å²) >= 11 is 0. The summed E-state index contributed by atoms with van der Waals surface area (Å²) in [4.78, 5) is 43.2. The molecule has 0 aromatic carbocycles. The number of allylic oxidation sites excluding steroid dienone is 1. The molecule has 5 aliphatic carbocycles. The van der Waals surface area contributed by atoms with Crippen LogP contribution in [0.5, 0.6) is 0 Å². The van der Waals surface area contributed by atoms with Crippen molar-refractivity contribution < 1.29 is 23.9 Å². The highest BCUT2D eigenvalue weighted by Gasteiger charge is 2.72. The summed E-state index contributed by atoms with van der Waals surface area (Å²) in [6.07, 6.45) is 12.5. The normalized spacial score (nSPS) is 43.6. The van der Waals surface area contributed by atoms with Crippen LogP contribution in [0.3, 0.4) is 0 Å². The quantitative estimate of drug-likeness (QED) is 0.205. The molecule has 6 rings (SSSR count). The summed E-state index contributed by atoms with van der Waals surface area (Å²) in [5, 5.41) is 0. The number of esters is 2. The summed E-state index contributed by atoms with van der Waals surface area (Å²) in [5.74, 6) is 2.65. The number of ether oxygens (including phenoxy) is 2. The second-order valence-electron chi connectivity index (χ2n) is 18.6. The first-order valence-electron chi connectivity index (χ1n) is 19.5. The molecule has 0 radical (unpaired) electrons. The van der Waals surface area contributed by atoms with Gasteiger partial charge in [0.25, 0.3) is 0 Å². The fourth-order valence-corrected chi connectivity index (χ4v) is 13.9. The molecule has 0 N–H and O–H groups in total. The lowest BCUT2D eigenvalue weighted by Gasteiger charge is -2.73. The van der Waals surface area contributed by atoms with Crippen molar-refractivity contribution in [3.8, 4) is 0 Å². The minimum atomic E-state index is -0.269. The molecule has 48 heavy (non-hydrogen) atoms. The maximum atomic E-state index is 14.9. The van der Waals surface area contributed by atoms with E-state index in [1.165, 1.54) is 38.4 Å². The van der Waals surface area contributed by atoms with Crippen LogP contribution in [0.1, 0.15) is 126 Å². The molecule has 6 aliphatic rings. The number of piperazine rings is 1. The number of hydrogen-bond acceptors (Lipinski definition) is 6. The zero-order valence-corrected chi connectivity index (χ0v) is 31.6. The van der Waals surface area contributed by atoms with Gasteiger partial charge in [-0.25, -0.2) is 0 Å². The first kappa shape index (κ1) is 35.9. The Kier molecular flexibility index (Phi) is 9.51. The van der Waals surface area contributed by atoms with Crippen molar-refractivity contribution in [2.75, 3.05) is 39.8 Å². The van der Waals surface area contributed by atoms with Gasteiger partial charge in [-0.2, -0.15) is 0 Å². The average Bonchev–Trinajstić information content (AvgIpc) is 3.44. The Labute approximate surface area is 291 Å². The van der Waals surface area contributed by atoms with Gasteiger partial charge in [0.2, 0.25) is 5.91 Å². The molecule has 7 heteroatoms. The van der Waals surface area contributed by atoms with Gasteiger partial charge in [-0.15, -0.1) is 0 Å². The molecule has 0 aromatic heterocycles. The molecule has 1 saturated heterocycles. The molecule has 5 saturated carbocycles. The highest BCUT2D eigenvalue weighted by Crippen LogP contribution is 2.77. The zero-order valence-electron chi connectivity index (χ0n) is 31.6. The lowest BCUT2D eigenvalue weighted by Crippen LogP contribution is -2.67. The van der Waals surface area contributed by atoms with E-state index < -0.39 is 0 Å². The number of nitrogens with zero attached hydrogens (tertiary/aromatic N) is 2. The third-order valence-electron chi connectivity index (χ3n) is 16.5. The van der Waals surface area contributed by atoms with E-state index in [-0.39, 0.29) is 45.1 Å². The van der Waals surface area contributed by atoms with Crippen molar-refractivity contribution in [2.45, 2.75) is 132 Å². The fraction of sp³-hybridized carbons (Fsp3) is 0.878. The molecule has 6 fully saturated rings. The van der Waals surface area contributed by atoms with Crippen molar-refractivity contribution in [3.05, 3.63) is 12.2 Å². The third kappa shape index (κ3) is 5.41. The summed E-state index contributed by atoms with van der Waals surface area (Å²) < 4.78 is 10.8. The van der Waals surface area contributed by atoms with Crippen LogP contribution in [0.2, 0.25) is 0 Å². The standard InChI is InChI=1S/C41H66N2O5/c1-27(2)29-14-19-41(36(46)43-25-23-42(24-26-43)22-10-11-34(45)47-9)21-20-39(7)30(35(29)41)12-13-32-38(6)17-16-33(48-28(3)44)37(4,5)31(38)15-18-40(32,39)8/h29-33,35H,1,10-26H2,2-9H3/t29-,30+,31-,32+,33-,35+,38-,39+,40+,41-/m0/s1. The van der Waals surface area contributed by atoms with E-state index in [0.717, 1.165) is 77.7 Å². The van der Waals surface area contributed by atoms with Gasteiger partial charge in [0.05, 0.1) is 12.5 Å². The van der Waals surface area contributed by atoms with Gasteiger partial charge in [0, 0.05) is 44.9 Å². The van der Waals surface area contributed by atoms with Crippen molar-refractivity contribution in [3.63, 3.8) is 0 Å². The van der Waals surface area contributed by atoms with Crippen LogP contribution in [0.25, 0.3) is 0 Å². The van der Waals surface area contributed by atoms with Crippen LogP contribution in [0.15, 0.2) is 12.2 Å². The van der Waals surface area contributed by atoms with Crippen LogP contribution >= 0.6 is 0 Å².